The molecule has 0 spiro atoms. The number of nitrogens with zero attached hydrogens (tertiary/aromatic N) is 2. The van der Waals surface area contributed by atoms with E-state index in [1.165, 1.54) is 25.2 Å². The number of rotatable bonds is 11. The highest BCUT2D eigenvalue weighted by Crippen LogP contribution is 2.34. The molecule has 0 bridgehead atoms. The van der Waals surface area contributed by atoms with Gasteiger partial charge in [0, 0.05) is 18.7 Å². The van der Waals surface area contributed by atoms with Crippen molar-refractivity contribution >= 4 is 27.5 Å². The smallest absolute Gasteiger partial charge is 0.244 e. The lowest BCUT2D eigenvalue weighted by molar-refractivity contribution is -0.139. The Morgan fingerprint density at radius 1 is 1.08 bits per heavy atom. The highest BCUT2D eigenvalue weighted by atomic mass is 32.2. The van der Waals surface area contributed by atoms with Gasteiger partial charge in [-0.15, -0.1) is 0 Å². The first-order chi connectivity index (χ1) is 17.5. The van der Waals surface area contributed by atoms with E-state index in [4.69, 9.17) is 9.47 Å². The van der Waals surface area contributed by atoms with Crippen LogP contribution in [-0.4, -0.2) is 64.2 Å². The van der Waals surface area contributed by atoms with Gasteiger partial charge in [-0.25, -0.2) is 8.42 Å². The molecule has 1 saturated carbocycles. The lowest BCUT2D eigenvalue weighted by Gasteiger charge is -2.32. The maximum atomic E-state index is 13.8. The zero-order valence-electron chi connectivity index (χ0n) is 22.2. The number of amides is 2. The zero-order valence-corrected chi connectivity index (χ0v) is 23.0. The summed E-state index contributed by atoms with van der Waals surface area (Å²) in [5.74, 6) is -0.0687. The van der Waals surface area contributed by atoms with Crippen molar-refractivity contribution in [2.75, 3.05) is 31.3 Å². The molecule has 1 atom stereocenters. The number of anilines is 1. The summed E-state index contributed by atoms with van der Waals surface area (Å²) in [6.07, 6.45) is 5.00. The quantitative estimate of drug-likeness (QED) is 0.477. The Kier molecular flexibility index (Phi) is 9.42. The third-order valence-electron chi connectivity index (χ3n) is 6.80. The van der Waals surface area contributed by atoms with Gasteiger partial charge in [0.15, 0.2) is 0 Å². The Balaban J connectivity index is 1.95. The van der Waals surface area contributed by atoms with Gasteiger partial charge in [-0.1, -0.05) is 37.1 Å². The number of sulfonamides is 1. The third-order valence-corrected chi connectivity index (χ3v) is 7.93. The van der Waals surface area contributed by atoms with Crippen LogP contribution < -0.4 is 19.1 Å². The second kappa shape index (κ2) is 12.3. The summed E-state index contributed by atoms with van der Waals surface area (Å²) >= 11 is 0. The van der Waals surface area contributed by atoms with E-state index in [0.29, 0.717) is 5.75 Å². The summed E-state index contributed by atoms with van der Waals surface area (Å²) in [5.41, 5.74) is 2.02. The number of hydrogen-bond donors (Lipinski definition) is 1. The number of carbonyl (C=O) groups excluding carboxylic acids is 2. The van der Waals surface area contributed by atoms with Gasteiger partial charge in [-0.3, -0.25) is 13.9 Å². The second-order valence-electron chi connectivity index (χ2n) is 9.42. The third kappa shape index (κ3) is 7.15. The molecule has 1 N–H and O–H groups in total. The summed E-state index contributed by atoms with van der Waals surface area (Å²) in [4.78, 5) is 28.4. The van der Waals surface area contributed by atoms with Crippen molar-refractivity contribution in [1.82, 2.24) is 10.2 Å². The van der Waals surface area contributed by atoms with Crippen molar-refractivity contribution < 1.29 is 27.5 Å². The molecule has 1 aliphatic carbocycles. The number of aryl methyl sites for hydroxylation is 1. The molecule has 0 unspecified atom stereocenters. The molecule has 0 aliphatic heterocycles. The fraction of sp³-hybridized carbons (Fsp3) is 0.481. The van der Waals surface area contributed by atoms with E-state index >= 15 is 0 Å². The van der Waals surface area contributed by atoms with Crippen LogP contribution in [0, 0.1) is 6.92 Å². The van der Waals surface area contributed by atoms with Crippen molar-refractivity contribution in [2.24, 2.45) is 0 Å². The Morgan fingerprint density at radius 3 is 2.35 bits per heavy atom. The van der Waals surface area contributed by atoms with Gasteiger partial charge < -0.3 is 19.7 Å². The number of ether oxygens (including phenoxy) is 2. The number of nitrogens with one attached hydrogen (secondary N) is 1. The largest absolute Gasteiger partial charge is 0.497 e. The molecule has 9 nitrogen and oxygen atoms in total. The Labute approximate surface area is 219 Å². The first-order valence-corrected chi connectivity index (χ1v) is 14.2. The van der Waals surface area contributed by atoms with Gasteiger partial charge in [-0.05, 0) is 49.9 Å². The molecule has 0 radical (unpaired) electrons. The lowest BCUT2D eigenvalue weighted by atomic mass is 10.1. The van der Waals surface area contributed by atoms with Gasteiger partial charge in [0.25, 0.3) is 0 Å². The molecule has 202 valence electrons. The van der Waals surface area contributed by atoms with Crippen LogP contribution in [0.5, 0.6) is 11.5 Å². The maximum Gasteiger partial charge on any atom is 0.244 e. The molecule has 10 heteroatoms. The topological polar surface area (TPSA) is 105 Å². The molecule has 3 rings (SSSR count). The molecule has 0 heterocycles. The number of hydrogen-bond acceptors (Lipinski definition) is 6. The summed E-state index contributed by atoms with van der Waals surface area (Å²) < 4.78 is 37.4. The van der Waals surface area contributed by atoms with E-state index in [0.717, 1.165) is 47.4 Å². The fourth-order valence-electron chi connectivity index (χ4n) is 4.53. The highest BCUT2D eigenvalue weighted by molar-refractivity contribution is 7.92. The number of benzene rings is 2. The standard InChI is InChI=1S/C27H37N3O6S/c1-19-10-6-7-11-21(19)17-29(20(2)27(32)28-22-12-8-9-13-22)26(31)18-30(37(5,33)34)24-16-23(35-3)14-15-25(24)36-4/h6-7,10-11,14-16,20,22H,8-9,12-13,17-18H2,1-5H3,(H,28,32)/t20-/m0/s1. The molecule has 37 heavy (non-hydrogen) atoms. The first-order valence-electron chi connectivity index (χ1n) is 12.4. The predicted octanol–water partition coefficient (Wildman–Crippen LogP) is 3.25. The summed E-state index contributed by atoms with van der Waals surface area (Å²) in [6, 6.07) is 11.6. The van der Waals surface area contributed by atoms with Crippen LogP contribution in [0.2, 0.25) is 0 Å². The van der Waals surface area contributed by atoms with Gasteiger partial charge in [0.05, 0.1) is 26.2 Å². The maximum absolute atomic E-state index is 13.8. The van der Waals surface area contributed by atoms with Gasteiger partial charge in [0.1, 0.15) is 24.1 Å². The van der Waals surface area contributed by atoms with Crippen molar-refractivity contribution in [3.63, 3.8) is 0 Å². The first kappa shape index (κ1) is 28.3. The Bertz CT molecular complexity index is 1210. The van der Waals surface area contributed by atoms with Crippen molar-refractivity contribution in [2.45, 2.75) is 58.2 Å². The summed E-state index contributed by atoms with van der Waals surface area (Å²) in [6.45, 7) is 3.27. The minimum absolute atomic E-state index is 0.0962. The molecular weight excluding hydrogens is 494 g/mol. The number of methoxy groups -OCH3 is 2. The van der Waals surface area contributed by atoms with Crippen LogP contribution >= 0.6 is 0 Å². The van der Waals surface area contributed by atoms with E-state index in [-0.39, 0.29) is 29.9 Å². The van der Waals surface area contributed by atoms with Crippen LogP contribution in [0.15, 0.2) is 42.5 Å². The molecule has 1 aliphatic rings. The van der Waals surface area contributed by atoms with E-state index in [1.807, 2.05) is 31.2 Å². The monoisotopic (exact) mass is 531 g/mol. The predicted molar refractivity (Wildman–Crippen MR) is 143 cm³/mol. The minimum Gasteiger partial charge on any atom is -0.497 e. The Morgan fingerprint density at radius 2 is 1.76 bits per heavy atom. The Hall–Kier alpha value is -3.27. The molecule has 0 saturated heterocycles. The van der Waals surface area contributed by atoms with Gasteiger partial charge in [-0.2, -0.15) is 0 Å². The zero-order chi connectivity index (χ0) is 27.2. The molecule has 2 amide bonds. The van der Waals surface area contributed by atoms with E-state index in [9.17, 15) is 18.0 Å². The minimum atomic E-state index is -3.90. The fourth-order valence-corrected chi connectivity index (χ4v) is 5.38. The van der Waals surface area contributed by atoms with Crippen LogP contribution in [0.25, 0.3) is 0 Å². The van der Waals surface area contributed by atoms with E-state index in [1.54, 1.807) is 19.1 Å². The molecular formula is C27H37N3O6S. The molecule has 0 aromatic heterocycles. The van der Waals surface area contributed by atoms with E-state index in [2.05, 4.69) is 5.32 Å². The van der Waals surface area contributed by atoms with Crippen molar-refractivity contribution in [3.05, 3.63) is 53.6 Å². The average molecular weight is 532 g/mol. The highest BCUT2D eigenvalue weighted by Gasteiger charge is 2.32. The number of carbonyl (C=O) groups is 2. The van der Waals surface area contributed by atoms with Crippen LogP contribution in [0.3, 0.4) is 0 Å². The van der Waals surface area contributed by atoms with Crippen molar-refractivity contribution in [3.8, 4) is 11.5 Å². The molecule has 2 aromatic carbocycles. The SMILES string of the molecule is COc1ccc(OC)c(N(CC(=O)N(Cc2ccccc2C)[C@@H](C)C(=O)NC2CCCC2)S(C)(=O)=O)c1. The van der Waals surface area contributed by atoms with Gasteiger partial charge in [0.2, 0.25) is 21.8 Å². The van der Waals surface area contributed by atoms with Crippen LogP contribution in [-0.2, 0) is 26.2 Å². The lowest BCUT2D eigenvalue weighted by Crippen LogP contribution is -2.52. The summed E-state index contributed by atoms with van der Waals surface area (Å²) in [7, 11) is -1.01. The summed E-state index contributed by atoms with van der Waals surface area (Å²) in [5, 5.41) is 3.06. The van der Waals surface area contributed by atoms with Gasteiger partial charge >= 0.3 is 0 Å². The molecule has 1 fully saturated rings. The second-order valence-corrected chi connectivity index (χ2v) is 11.3. The van der Waals surface area contributed by atoms with Crippen LogP contribution in [0.1, 0.15) is 43.7 Å². The average Bonchev–Trinajstić information content (AvgIpc) is 3.38. The van der Waals surface area contributed by atoms with E-state index < -0.39 is 28.5 Å². The normalized spacial score (nSPS) is 14.6. The van der Waals surface area contributed by atoms with Crippen LogP contribution in [0.4, 0.5) is 5.69 Å². The molecule has 2 aromatic rings. The van der Waals surface area contributed by atoms with Crippen molar-refractivity contribution in [1.29, 1.82) is 0 Å².